The van der Waals surface area contributed by atoms with Gasteiger partial charge in [-0.15, -0.1) is 0 Å². The van der Waals surface area contributed by atoms with Gasteiger partial charge in [0.05, 0.1) is 30.4 Å². The van der Waals surface area contributed by atoms with Crippen LogP contribution in [-0.2, 0) is 0 Å². The number of amides is 1. The lowest BCUT2D eigenvalue weighted by Gasteiger charge is -2.38. The van der Waals surface area contributed by atoms with E-state index in [0.29, 0.717) is 19.5 Å². The summed E-state index contributed by atoms with van der Waals surface area (Å²) in [5, 5.41) is 19.7. The summed E-state index contributed by atoms with van der Waals surface area (Å²) in [4.78, 5) is 16.9. The monoisotopic (exact) mass is 299 g/mol. The van der Waals surface area contributed by atoms with E-state index < -0.39 is 12.2 Å². The van der Waals surface area contributed by atoms with Gasteiger partial charge in [0.2, 0.25) is 0 Å². The molecule has 1 aromatic heterocycles. The molecule has 114 valence electrons. The van der Waals surface area contributed by atoms with E-state index in [1.165, 1.54) is 4.90 Å². The van der Waals surface area contributed by atoms with Gasteiger partial charge in [0.15, 0.2) is 0 Å². The maximum atomic E-state index is 11.3. The van der Waals surface area contributed by atoms with E-state index in [2.05, 4.69) is 15.6 Å². The van der Waals surface area contributed by atoms with Crippen LogP contribution in [0.1, 0.15) is 18.0 Å². The molecule has 1 unspecified atom stereocenters. The van der Waals surface area contributed by atoms with Gasteiger partial charge in [-0.2, -0.15) is 0 Å². The van der Waals surface area contributed by atoms with Crippen LogP contribution in [0.4, 0.5) is 4.79 Å². The van der Waals surface area contributed by atoms with Gasteiger partial charge in [0.1, 0.15) is 0 Å². The lowest BCUT2D eigenvalue weighted by Crippen LogP contribution is -2.48. The second-order valence-electron chi connectivity index (χ2n) is 5.97. The van der Waals surface area contributed by atoms with E-state index in [1.54, 1.807) is 6.33 Å². The molecule has 2 N–H and O–H groups in total. The van der Waals surface area contributed by atoms with Crippen molar-refractivity contribution in [3.8, 4) is 11.3 Å². The van der Waals surface area contributed by atoms with Crippen LogP contribution in [0.5, 0.6) is 0 Å². The molecule has 1 amide bonds. The fourth-order valence-corrected chi connectivity index (χ4v) is 3.76. The Hall–Kier alpha value is -2.34. The summed E-state index contributed by atoms with van der Waals surface area (Å²) in [6.07, 6.45) is 2.63. The summed E-state index contributed by atoms with van der Waals surface area (Å²) in [6.45, 7) is 0.727. The van der Waals surface area contributed by atoms with Crippen LogP contribution in [0.25, 0.3) is 11.3 Å². The third-order valence-electron chi connectivity index (χ3n) is 4.82. The molecule has 6 heteroatoms. The molecular weight excluding hydrogens is 282 g/mol. The smallest absolute Gasteiger partial charge is 0.407 e. The Bertz CT molecular complexity index is 727. The molecule has 6 nitrogen and oxygen atoms in total. The number of nitrogens with zero attached hydrogens (tertiary/aromatic N) is 3. The quantitative estimate of drug-likeness (QED) is 0.842. The third-order valence-corrected chi connectivity index (χ3v) is 4.82. The van der Waals surface area contributed by atoms with Gasteiger partial charge in [-0.05, 0) is 12.0 Å². The molecule has 2 aliphatic heterocycles. The number of aromatic nitrogens is 2. The number of imidazole rings is 1. The topological polar surface area (TPSA) is 78.6 Å². The highest BCUT2D eigenvalue weighted by molar-refractivity contribution is 5.69. The number of carbonyl (C=O) groups is 1. The van der Waals surface area contributed by atoms with Gasteiger partial charge in [-0.25, -0.2) is 9.78 Å². The summed E-state index contributed by atoms with van der Waals surface area (Å²) in [5.74, 6) is -0.165. The number of hydrogen-bond donors (Lipinski definition) is 2. The van der Waals surface area contributed by atoms with Crippen LogP contribution in [-0.4, -0.2) is 50.0 Å². The molecule has 1 fully saturated rings. The van der Waals surface area contributed by atoms with Crippen molar-refractivity contribution < 1.29 is 15.0 Å². The highest BCUT2D eigenvalue weighted by Gasteiger charge is 2.41. The van der Waals surface area contributed by atoms with Gasteiger partial charge in [0, 0.05) is 24.6 Å². The average molecular weight is 299 g/mol. The Morgan fingerprint density at radius 2 is 2.14 bits per heavy atom. The lowest BCUT2D eigenvalue weighted by molar-refractivity contribution is 0.0145. The molecule has 1 aromatic carbocycles. The molecule has 0 saturated carbocycles. The van der Waals surface area contributed by atoms with E-state index in [9.17, 15) is 15.0 Å². The number of piperidine rings is 1. The highest BCUT2D eigenvalue weighted by atomic mass is 16.4. The van der Waals surface area contributed by atoms with E-state index in [-0.39, 0.29) is 12.0 Å². The van der Waals surface area contributed by atoms with E-state index >= 15 is 0 Å². The zero-order valence-electron chi connectivity index (χ0n) is 12.0. The zero-order valence-corrected chi connectivity index (χ0v) is 12.0. The van der Waals surface area contributed by atoms with Gasteiger partial charge in [0.25, 0.3) is 0 Å². The number of likely N-dealkylation sites (tertiary alicyclic amines) is 1. The van der Waals surface area contributed by atoms with Crippen molar-refractivity contribution in [2.24, 2.45) is 5.92 Å². The number of rotatable bonds is 1. The SMILES string of the molecule is O=C(O)N1CC[C@@H](O)[C@H](C2c3ccccc3-c3cncn32)C1. The molecule has 3 atom stereocenters. The van der Waals surface area contributed by atoms with Crippen molar-refractivity contribution in [2.45, 2.75) is 18.6 Å². The Morgan fingerprint density at radius 3 is 2.95 bits per heavy atom. The molecule has 0 aliphatic carbocycles. The van der Waals surface area contributed by atoms with Crippen LogP contribution < -0.4 is 0 Å². The Morgan fingerprint density at radius 1 is 1.32 bits per heavy atom. The zero-order chi connectivity index (χ0) is 15.3. The lowest BCUT2D eigenvalue weighted by atomic mass is 9.84. The number of aliphatic hydroxyl groups is 1. The third kappa shape index (κ3) is 1.84. The molecule has 0 radical (unpaired) electrons. The Kier molecular flexibility index (Phi) is 2.94. The summed E-state index contributed by atoms with van der Waals surface area (Å²) < 4.78 is 2.06. The average Bonchev–Trinajstić information content (AvgIpc) is 3.08. The Labute approximate surface area is 127 Å². The molecule has 4 rings (SSSR count). The second-order valence-corrected chi connectivity index (χ2v) is 5.97. The molecule has 22 heavy (non-hydrogen) atoms. The van der Waals surface area contributed by atoms with Crippen LogP contribution in [0.2, 0.25) is 0 Å². The van der Waals surface area contributed by atoms with Crippen LogP contribution in [0.3, 0.4) is 0 Å². The number of carboxylic acid groups (broad SMARTS) is 1. The van der Waals surface area contributed by atoms with Crippen molar-refractivity contribution in [3.63, 3.8) is 0 Å². The van der Waals surface area contributed by atoms with Gasteiger partial charge >= 0.3 is 6.09 Å². The van der Waals surface area contributed by atoms with E-state index in [0.717, 1.165) is 16.8 Å². The number of aliphatic hydroxyl groups excluding tert-OH is 1. The summed E-state index contributed by atoms with van der Waals surface area (Å²) in [6, 6.07) is 8.01. The van der Waals surface area contributed by atoms with Gasteiger partial charge < -0.3 is 19.7 Å². The fraction of sp³-hybridized carbons (Fsp3) is 0.375. The fourth-order valence-electron chi connectivity index (χ4n) is 3.76. The first-order valence-electron chi connectivity index (χ1n) is 7.44. The van der Waals surface area contributed by atoms with E-state index in [4.69, 9.17) is 0 Å². The van der Waals surface area contributed by atoms with Crippen molar-refractivity contribution >= 4 is 6.09 Å². The number of hydrogen-bond acceptors (Lipinski definition) is 3. The van der Waals surface area contributed by atoms with Crippen molar-refractivity contribution in [1.82, 2.24) is 14.5 Å². The first-order chi connectivity index (χ1) is 10.7. The minimum Gasteiger partial charge on any atom is -0.465 e. The van der Waals surface area contributed by atoms with Crippen LogP contribution >= 0.6 is 0 Å². The summed E-state index contributed by atoms with van der Waals surface area (Å²) in [7, 11) is 0. The predicted molar refractivity (Wildman–Crippen MR) is 79.5 cm³/mol. The van der Waals surface area contributed by atoms with Crippen molar-refractivity contribution in [2.75, 3.05) is 13.1 Å². The molecular formula is C16H17N3O3. The number of benzene rings is 1. The normalized spacial score (nSPS) is 26.6. The molecule has 2 aromatic rings. The Balaban J connectivity index is 1.77. The molecule has 3 heterocycles. The first-order valence-corrected chi connectivity index (χ1v) is 7.44. The molecule has 0 spiro atoms. The van der Waals surface area contributed by atoms with Crippen LogP contribution in [0, 0.1) is 5.92 Å². The first kappa shape index (κ1) is 13.3. The molecule has 1 saturated heterocycles. The van der Waals surface area contributed by atoms with Crippen LogP contribution in [0.15, 0.2) is 36.8 Å². The van der Waals surface area contributed by atoms with Crippen molar-refractivity contribution in [3.05, 3.63) is 42.4 Å². The maximum absolute atomic E-state index is 11.3. The number of fused-ring (bicyclic) bond motifs is 3. The largest absolute Gasteiger partial charge is 0.465 e. The standard InChI is InChI=1S/C16H17N3O3/c20-14-5-6-18(16(21)22)8-12(14)15-11-4-2-1-3-10(11)13-7-17-9-19(13)15/h1-4,7,9,12,14-15,20H,5-6,8H2,(H,21,22)/t12-,14-,15?/m1/s1. The molecule has 0 bridgehead atoms. The van der Waals surface area contributed by atoms with E-state index in [1.807, 2.05) is 24.4 Å². The second kappa shape index (κ2) is 4.84. The minimum absolute atomic E-state index is 0.0640. The summed E-state index contributed by atoms with van der Waals surface area (Å²) >= 11 is 0. The maximum Gasteiger partial charge on any atom is 0.407 e. The van der Waals surface area contributed by atoms with Crippen molar-refractivity contribution in [1.29, 1.82) is 0 Å². The predicted octanol–water partition coefficient (Wildman–Crippen LogP) is 1.81. The van der Waals surface area contributed by atoms with Gasteiger partial charge in [-0.3, -0.25) is 0 Å². The highest BCUT2D eigenvalue weighted by Crippen LogP contribution is 2.44. The molecule has 2 aliphatic rings. The van der Waals surface area contributed by atoms with Gasteiger partial charge in [-0.1, -0.05) is 24.3 Å². The summed E-state index contributed by atoms with van der Waals surface area (Å²) in [5.41, 5.74) is 3.28. The minimum atomic E-state index is -0.922.